The maximum absolute atomic E-state index is 12.6. The first-order valence-electron chi connectivity index (χ1n) is 9.79. The molecular weight excluding hydrogens is 414 g/mol. The number of nitrogens with one attached hydrogen (secondary N) is 2. The molecule has 0 aliphatic carbocycles. The summed E-state index contributed by atoms with van der Waals surface area (Å²) in [6.07, 6.45) is 1.49. The number of H-pyrrole nitrogens is 1. The Balaban J connectivity index is 1.52. The lowest BCUT2D eigenvalue weighted by Gasteiger charge is -2.12. The molecule has 0 spiro atoms. The van der Waals surface area contributed by atoms with Gasteiger partial charge in [0.15, 0.2) is 10.8 Å². The predicted octanol–water partition coefficient (Wildman–Crippen LogP) is 3.63. The van der Waals surface area contributed by atoms with Crippen LogP contribution in [0.25, 0.3) is 16.7 Å². The molecule has 2 aromatic heterocycles. The monoisotopic (exact) mass is 435 g/mol. The number of aromatic nitrogens is 4. The standard InChI is InChI=1S/C22H21N5O3S/c1-3-30-17-11-9-15(10-12-17)24-20(28)14(2)31-22-25-19-18(21(29)26-22)13-23-27(19)16-7-5-4-6-8-16/h4-14H,3H2,1-2H3,(H,24,28)(H,25,26,29)/t14-/m1/s1. The third-order valence-corrected chi connectivity index (χ3v) is 5.49. The molecule has 0 aliphatic heterocycles. The minimum absolute atomic E-state index is 0.200. The Kier molecular flexibility index (Phi) is 6.03. The van der Waals surface area contributed by atoms with E-state index in [2.05, 4.69) is 20.4 Å². The van der Waals surface area contributed by atoms with Crippen molar-refractivity contribution in [1.29, 1.82) is 0 Å². The van der Waals surface area contributed by atoms with E-state index >= 15 is 0 Å². The van der Waals surface area contributed by atoms with Gasteiger partial charge in [-0.3, -0.25) is 9.59 Å². The van der Waals surface area contributed by atoms with Crippen molar-refractivity contribution in [2.75, 3.05) is 11.9 Å². The number of thioether (sulfide) groups is 1. The molecule has 0 unspecified atom stereocenters. The van der Waals surface area contributed by atoms with E-state index in [9.17, 15) is 9.59 Å². The summed E-state index contributed by atoms with van der Waals surface area (Å²) in [5, 5.41) is 7.41. The summed E-state index contributed by atoms with van der Waals surface area (Å²) in [4.78, 5) is 32.4. The molecule has 1 amide bonds. The zero-order valence-electron chi connectivity index (χ0n) is 17.0. The summed E-state index contributed by atoms with van der Waals surface area (Å²) in [5.74, 6) is 0.543. The molecule has 8 nitrogen and oxygen atoms in total. The van der Waals surface area contributed by atoms with Crippen LogP contribution in [0.15, 0.2) is 70.7 Å². The second-order valence-electron chi connectivity index (χ2n) is 6.71. The molecule has 158 valence electrons. The van der Waals surface area contributed by atoms with Crippen LogP contribution in [-0.4, -0.2) is 37.5 Å². The second-order valence-corrected chi connectivity index (χ2v) is 8.04. The number of amides is 1. The van der Waals surface area contributed by atoms with Crippen molar-refractivity contribution in [2.45, 2.75) is 24.3 Å². The number of carbonyl (C=O) groups is 1. The Bertz CT molecular complexity index is 1250. The number of fused-ring (bicyclic) bond motifs is 1. The number of nitrogens with zero attached hydrogens (tertiary/aromatic N) is 3. The summed E-state index contributed by atoms with van der Waals surface area (Å²) in [7, 11) is 0. The molecular formula is C22H21N5O3S. The fraction of sp³-hybridized carbons (Fsp3) is 0.182. The molecule has 9 heteroatoms. The zero-order valence-corrected chi connectivity index (χ0v) is 17.8. The third kappa shape index (κ3) is 4.61. The lowest BCUT2D eigenvalue weighted by molar-refractivity contribution is -0.115. The lowest BCUT2D eigenvalue weighted by Crippen LogP contribution is -2.23. The highest BCUT2D eigenvalue weighted by molar-refractivity contribution is 8.00. The number of rotatable bonds is 7. The average molecular weight is 436 g/mol. The van der Waals surface area contributed by atoms with Gasteiger partial charge >= 0.3 is 0 Å². The van der Waals surface area contributed by atoms with Crippen molar-refractivity contribution in [3.63, 3.8) is 0 Å². The van der Waals surface area contributed by atoms with Gasteiger partial charge in [0, 0.05) is 5.69 Å². The molecule has 0 aliphatic rings. The number of ether oxygens (including phenoxy) is 1. The maximum Gasteiger partial charge on any atom is 0.262 e. The molecule has 4 rings (SSSR count). The van der Waals surface area contributed by atoms with Crippen molar-refractivity contribution in [3.05, 3.63) is 71.1 Å². The Morgan fingerprint density at radius 1 is 1.19 bits per heavy atom. The topological polar surface area (TPSA) is 102 Å². The van der Waals surface area contributed by atoms with E-state index in [1.165, 1.54) is 18.0 Å². The van der Waals surface area contributed by atoms with E-state index in [-0.39, 0.29) is 11.5 Å². The number of carbonyl (C=O) groups excluding carboxylic acids is 1. The molecule has 0 saturated heterocycles. The van der Waals surface area contributed by atoms with Gasteiger partial charge in [-0.2, -0.15) is 5.10 Å². The first-order valence-corrected chi connectivity index (χ1v) is 10.7. The van der Waals surface area contributed by atoms with Crippen LogP contribution in [0.4, 0.5) is 5.69 Å². The first kappa shape index (κ1) is 20.7. The van der Waals surface area contributed by atoms with Crippen molar-refractivity contribution < 1.29 is 9.53 Å². The van der Waals surface area contributed by atoms with Gasteiger partial charge in [-0.15, -0.1) is 0 Å². The number of hydrogen-bond acceptors (Lipinski definition) is 6. The number of hydrogen-bond donors (Lipinski definition) is 2. The molecule has 0 bridgehead atoms. The minimum Gasteiger partial charge on any atom is -0.494 e. The number of anilines is 1. The predicted molar refractivity (Wildman–Crippen MR) is 121 cm³/mol. The molecule has 4 aromatic rings. The summed E-state index contributed by atoms with van der Waals surface area (Å²) >= 11 is 1.17. The van der Waals surface area contributed by atoms with Crippen LogP contribution in [0.5, 0.6) is 5.75 Å². The van der Waals surface area contributed by atoms with Crippen LogP contribution in [0.1, 0.15) is 13.8 Å². The van der Waals surface area contributed by atoms with E-state index in [0.717, 1.165) is 11.4 Å². The Hall–Kier alpha value is -3.59. The molecule has 2 heterocycles. The summed E-state index contributed by atoms with van der Waals surface area (Å²) < 4.78 is 7.02. The van der Waals surface area contributed by atoms with Crippen LogP contribution in [0.2, 0.25) is 0 Å². The van der Waals surface area contributed by atoms with Crippen LogP contribution in [0, 0.1) is 0 Å². The normalized spacial score (nSPS) is 11.9. The summed E-state index contributed by atoms with van der Waals surface area (Å²) in [5.41, 5.74) is 1.61. The minimum atomic E-state index is -0.486. The summed E-state index contributed by atoms with van der Waals surface area (Å²) in [6.45, 7) is 4.25. The first-order chi connectivity index (χ1) is 15.0. The molecule has 1 atom stereocenters. The maximum atomic E-state index is 12.6. The van der Waals surface area contributed by atoms with E-state index in [1.54, 1.807) is 35.9 Å². The molecule has 31 heavy (non-hydrogen) atoms. The van der Waals surface area contributed by atoms with Crippen LogP contribution in [0.3, 0.4) is 0 Å². The summed E-state index contributed by atoms with van der Waals surface area (Å²) in [6, 6.07) is 16.6. The highest BCUT2D eigenvalue weighted by atomic mass is 32.2. The van der Waals surface area contributed by atoms with Crippen molar-refractivity contribution in [1.82, 2.24) is 19.7 Å². The lowest BCUT2D eigenvalue weighted by atomic mass is 10.3. The van der Waals surface area contributed by atoms with Gasteiger partial charge in [-0.1, -0.05) is 30.0 Å². The van der Waals surface area contributed by atoms with Crippen molar-refractivity contribution >= 4 is 34.4 Å². The van der Waals surface area contributed by atoms with Gasteiger partial charge in [0.25, 0.3) is 5.56 Å². The fourth-order valence-corrected chi connectivity index (χ4v) is 3.77. The van der Waals surface area contributed by atoms with Crippen LogP contribution < -0.4 is 15.6 Å². The number of aromatic amines is 1. The highest BCUT2D eigenvalue weighted by Gasteiger charge is 2.18. The van der Waals surface area contributed by atoms with Gasteiger partial charge in [-0.25, -0.2) is 9.67 Å². The van der Waals surface area contributed by atoms with Crippen molar-refractivity contribution in [2.24, 2.45) is 0 Å². The smallest absolute Gasteiger partial charge is 0.262 e. The Morgan fingerprint density at radius 2 is 1.94 bits per heavy atom. The van der Waals surface area contributed by atoms with Crippen LogP contribution in [-0.2, 0) is 4.79 Å². The molecule has 0 fully saturated rings. The van der Waals surface area contributed by atoms with Gasteiger partial charge < -0.3 is 15.0 Å². The SMILES string of the molecule is CCOc1ccc(NC(=O)[C@@H](C)Sc2nc3c(cnn3-c3ccccc3)c(=O)[nH]2)cc1. The molecule has 0 radical (unpaired) electrons. The van der Waals surface area contributed by atoms with E-state index in [4.69, 9.17) is 4.74 Å². The van der Waals surface area contributed by atoms with Gasteiger partial charge in [0.2, 0.25) is 5.91 Å². The number of para-hydroxylation sites is 1. The second kappa shape index (κ2) is 9.05. The Labute approximate surface area is 182 Å². The Morgan fingerprint density at radius 3 is 2.65 bits per heavy atom. The highest BCUT2D eigenvalue weighted by Crippen LogP contribution is 2.23. The van der Waals surface area contributed by atoms with E-state index < -0.39 is 5.25 Å². The van der Waals surface area contributed by atoms with E-state index in [1.807, 2.05) is 37.3 Å². The molecule has 0 saturated carbocycles. The van der Waals surface area contributed by atoms with Gasteiger partial charge in [0.05, 0.1) is 23.7 Å². The third-order valence-electron chi connectivity index (χ3n) is 4.51. The number of benzene rings is 2. The van der Waals surface area contributed by atoms with Gasteiger partial charge in [0.1, 0.15) is 11.1 Å². The fourth-order valence-electron chi connectivity index (χ4n) is 2.98. The largest absolute Gasteiger partial charge is 0.494 e. The molecule has 2 N–H and O–H groups in total. The van der Waals surface area contributed by atoms with Crippen molar-refractivity contribution in [3.8, 4) is 11.4 Å². The van der Waals surface area contributed by atoms with Gasteiger partial charge in [-0.05, 0) is 50.2 Å². The molecule has 2 aromatic carbocycles. The van der Waals surface area contributed by atoms with Crippen LogP contribution >= 0.6 is 11.8 Å². The zero-order chi connectivity index (χ0) is 21.8. The quantitative estimate of drug-likeness (QED) is 0.340. The average Bonchev–Trinajstić information content (AvgIpc) is 3.20. The van der Waals surface area contributed by atoms with E-state index in [0.29, 0.717) is 28.5 Å².